The summed E-state index contributed by atoms with van der Waals surface area (Å²) in [4.78, 5) is 24.6. The second-order valence-electron chi connectivity index (χ2n) is 8.50. The number of halogens is 1. The van der Waals surface area contributed by atoms with E-state index in [0.717, 1.165) is 16.1 Å². The monoisotopic (exact) mass is 556 g/mol. The number of sulfonamides is 1. The molecule has 38 heavy (non-hydrogen) atoms. The normalized spacial score (nSPS) is 12.1. The lowest BCUT2D eigenvalue weighted by Crippen LogP contribution is -2.39. The maximum absolute atomic E-state index is 12.4. The first kappa shape index (κ1) is 28.7. The van der Waals surface area contributed by atoms with E-state index in [4.69, 9.17) is 16.3 Å². The lowest BCUT2D eigenvalue weighted by atomic mass is 10.1. The first-order valence-electron chi connectivity index (χ1n) is 11.7. The minimum Gasteiger partial charge on any atom is -0.484 e. The Hall–Kier alpha value is -3.89. The van der Waals surface area contributed by atoms with Gasteiger partial charge in [-0.3, -0.25) is 13.9 Å². The van der Waals surface area contributed by atoms with E-state index in [1.54, 1.807) is 49.4 Å². The van der Waals surface area contributed by atoms with Gasteiger partial charge in [0.25, 0.3) is 11.8 Å². The number of nitrogens with zero attached hydrogens (tertiary/aromatic N) is 2. The molecule has 2 amide bonds. The number of nitrogens with one attached hydrogen (secondary N) is 2. The molecule has 0 aliphatic carbocycles. The molecule has 0 spiro atoms. The molecule has 3 aromatic rings. The zero-order valence-electron chi connectivity index (χ0n) is 21.2. The van der Waals surface area contributed by atoms with Crippen LogP contribution in [0.5, 0.6) is 5.75 Å². The molecule has 1 atom stereocenters. The van der Waals surface area contributed by atoms with Crippen LogP contribution in [0.4, 0.5) is 5.69 Å². The molecule has 0 aliphatic heterocycles. The summed E-state index contributed by atoms with van der Waals surface area (Å²) < 4.78 is 31.1. The van der Waals surface area contributed by atoms with E-state index in [2.05, 4.69) is 15.8 Å². The standard InChI is InChI=1S/C27H29ClN4O5S/c1-19-24(28)10-7-11-25(19)32(38(3,35)36)17-26(33)31-29-16-21-12-14-23(15-13-21)37-18-27(34)30-20(2)22-8-5-4-6-9-22/h4-16,20H,17-18H2,1-3H3,(H,30,34)(H,31,33)/b29-16-/t20-/m0/s1. The maximum Gasteiger partial charge on any atom is 0.260 e. The van der Waals surface area contributed by atoms with Crippen molar-refractivity contribution in [1.29, 1.82) is 0 Å². The molecule has 200 valence electrons. The number of hydrogen-bond acceptors (Lipinski definition) is 6. The van der Waals surface area contributed by atoms with Crippen molar-refractivity contribution in [3.63, 3.8) is 0 Å². The topological polar surface area (TPSA) is 117 Å². The smallest absolute Gasteiger partial charge is 0.260 e. The molecule has 0 bridgehead atoms. The highest BCUT2D eigenvalue weighted by Crippen LogP contribution is 2.28. The summed E-state index contributed by atoms with van der Waals surface area (Å²) in [6.07, 6.45) is 2.42. The fourth-order valence-electron chi connectivity index (χ4n) is 3.50. The van der Waals surface area contributed by atoms with E-state index in [-0.39, 0.29) is 18.6 Å². The Kier molecular flexibility index (Phi) is 9.86. The van der Waals surface area contributed by atoms with E-state index in [0.29, 0.717) is 27.6 Å². The fraction of sp³-hybridized carbons (Fsp3) is 0.222. The van der Waals surface area contributed by atoms with Crippen LogP contribution in [-0.4, -0.2) is 45.9 Å². The van der Waals surface area contributed by atoms with Gasteiger partial charge >= 0.3 is 0 Å². The average molecular weight is 557 g/mol. The third kappa shape index (κ3) is 8.32. The summed E-state index contributed by atoms with van der Waals surface area (Å²) in [5, 5.41) is 7.17. The highest BCUT2D eigenvalue weighted by molar-refractivity contribution is 7.92. The average Bonchev–Trinajstić information content (AvgIpc) is 2.88. The summed E-state index contributed by atoms with van der Waals surface area (Å²) in [6.45, 7) is 2.98. The van der Waals surface area contributed by atoms with Gasteiger partial charge in [0, 0.05) is 5.02 Å². The van der Waals surface area contributed by atoms with Crippen molar-refractivity contribution in [3.8, 4) is 5.75 Å². The van der Waals surface area contributed by atoms with Gasteiger partial charge < -0.3 is 10.1 Å². The highest BCUT2D eigenvalue weighted by Gasteiger charge is 2.23. The van der Waals surface area contributed by atoms with Gasteiger partial charge in [-0.1, -0.05) is 48.0 Å². The first-order valence-corrected chi connectivity index (χ1v) is 13.9. The summed E-state index contributed by atoms with van der Waals surface area (Å²) in [7, 11) is -3.75. The third-order valence-corrected chi connectivity index (χ3v) is 7.06. The largest absolute Gasteiger partial charge is 0.484 e. The maximum atomic E-state index is 12.4. The van der Waals surface area contributed by atoms with Crippen molar-refractivity contribution in [1.82, 2.24) is 10.7 Å². The van der Waals surface area contributed by atoms with Gasteiger partial charge in [-0.15, -0.1) is 0 Å². The molecule has 0 aromatic heterocycles. The van der Waals surface area contributed by atoms with Crippen LogP contribution < -0.4 is 19.8 Å². The van der Waals surface area contributed by atoms with Crippen LogP contribution >= 0.6 is 11.6 Å². The third-order valence-electron chi connectivity index (χ3n) is 5.53. The molecule has 0 heterocycles. The van der Waals surface area contributed by atoms with Crippen molar-refractivity contribution < 1.29 is 22.7 Å². The Labute approximate surface area is 227 Å². The number of hydrogen-bond donors (Lipinski definition) is 2. The molecule has 0 fully saturated rings. The number of ether oxygens (including phenoxy) is 1. The SMILES string of the molecule is Cc1c(Cl)cccc1N(CC(=O)N/N=C\c1ccc(OCC(=O)N[C@@H](C)c2ccccc2)cc1)S(C)(=O)=O. The molecule has 3 aromatic carbocycles. The predicted molar refractivity (Wildman–Crippen MR) is 149 cm³/mol. The summed E-state index contributed by atoms with van der Waals surface area (Å²) in [6, 6.07) is 21.1. The van der Waals surface area contributed by atoms with Crippen LogP contribution in [0.25, 0.3) is 0 Å². The van der Waals surface area contributed by atoms with Crippen molar-refractivity contribution in [2.75, 3.05) is 23.7 Å². The van der Waals surface area contributed by atoms with Crippen LogP contribution in [0.1, 0.15) is 29.7 Å². The Morgan fingerprint density at radius 2 is 1.71 bits per heavy atom. The fourth-order valence-corrected chi connectivity index (χ4v) is 4.58. The van der Waals surface area contributed by atoms with Gasteiger partial charge in [-0.2, -0.15) is 5.10 Å². The molecule has 11 heteroatoms. The van der Waals surface area contributed by atoms with E-state index in [1.807, 2.05) is 37.3 Å². The van der Waals surface area contributed by atoms with Gasteiger partial charge in [-0.05, 0) is 66.9 Å². The number of carbonyl (C=O) groups is 2. The molecule has 3 rings (SSSR count). The second-order valence-corrected chi connectivity index (χ2v) is 10.8. The van der Waals surface area contributed by atoms with Gasteiger partial charge in [0.2, 0.25) is 10.0 Å². The molecular weight excluding hydrogens is 528 g/mol. The predicted octanol–water partition coefficient (Wildman–Crippen LogP) is 3.82. The van der Waals surface area contributed by atoms with Crippen molar-refractivity contribution in [3.05, 3.63) is 94.5 Å². The second kappa shape index (κ2) is 13.1. The highest BCUT2D eigenvalue weighted by atomic mass is 35.5. The molecule has 0 radical (unpaired) electrons. The van der Waals surface area contributed by atoms with E-state index in [1.165, 1.54) is 6.21 Å². The van der Waals surface area contributed by atoms with Gasteiger partial charge in [0.15, 0.2) is 6.61 Å². The van der Waals surface area contributed by atoms with Gasteiger partial charge in [0.1, 0.15) is 12.3 Å². The number of anilines is 1. The van der Waals surface area contributed by atoms with Crippen LogP contribution in [-0.2, 0) is 19.6 Å². The Morgan fingerprint density at radius 1 is 1.03 bits per heavy atom. The molecule has 0 saturated carbocycles. The summed E-state index contributed by atoms with van der Waals surface area (Å²) in [5.41, 5.74) is 4.85. The minimum atomic E-state index is -3.75. The van der Waals surface area contributed by atoms with Crippen molar-refractivity contribution in [2.45, 2.75) is 19.9 Å². The van der Waals surface area contributed by atoms with Crippen LogP contribution in [0.15, 0.2) is 77.9 Å². The van der Waals surface area contributed by atoms with E-state index in [9.17, 15) is 18.0 Å². The molecular formula is C27H29ClN4O5S. The quantitative estimate of drug-likeness (QED) is 0.275. The van der Waals surface area contributed by atoms with Gasteiger partial charge in [0.05, 0.1) is 24.2 Å². The van der Waals surface area contributed by atoms with E-state index >= 15 is 0 Å². The molecule has 9 nitrogen and oxygen atoms in total. The number of benzene rings is 3. The van der Waals surface area contributed by atoms with Gasteiger partial charge in [-0.25, -0.2) is 13.8 Å². The minimum absolute atomic E-state index is 0.135. The molecule has 0 saturated heterocycles. The van der Waals surface area contributed by atoms with Crippen LogP contribution in [0, 0.1) is 6.92 Å². The van der Waals surface area contributed by atoms with Crippen LogP contribution in [0.2, 0.25) is 5.02 Å². The summed E-state index contributed by atoms with van der Waals surface area (Å²) >= 11 is 6.11. The molecule has 0 aliphatic rings. The van der Waals surface area contributed by atoms with Crippen molar-refractivity contribution in [2.24, 2.45) is 5.10 Å². The Balaban J connectivity index is 1.50. The number of carbonyl (C=O) groups excluding carboxylic acids is 2. The zero-order valence-corrected chi connectivity index (χ0v) is 22.8. The summed E-state index contributed by atoms with van der Waals surface area (Å²) in [5.74, 6) is -0.373. The number of hydrazone groups is 1. The Morgan fingerprint density at radius 3 is 2.37 bits per heavy atom. The molecule has 2 N–H and O–H groups in total. The number of rotatable bonds is 11. The van der Waals surface area contributed by atoms with E-state index < -0.39 is 22.5 Å². The first-order chi connectivity index (χ1) is 18.0. The van der Waals surface area contributed by atoms with Crippen LogP contribution in [0.3, 0.4) is 0 Å². The zero-order chi connectivity index (χ0) is 27.7. The lowest BCUT2D eigenvalue weighted by Gasteiger charge is -2.23. The number of amides is 2. The lowest BCUT2D eigenvalue weighted by molar-refractivity contribution is -0.123. The molecule has 0 unspecified atom stereocenters. The Bertz CT molecular complexity index is 1400. The van der Waals surface area contributed by atoms with Crippen molar-refractivity contribution >= 4 is 45.3 Å².